The fourth-order valence-corrected chi connectivity index (χ4v) is 5.37. The van der Waals surface area contributed by atoms with Crippen molar-refractivity contribution in [1.29, 1.82) is 0 Å². The lowest BCUT2D eigenvalue weighted by Crippen LogP contribution is -2.18. The summed E-state index contributed by atoms with van der Waals surface area (Å²) in [7, 11) is -3.73. The molecule has 186 valence electrons. The number of ether oxygens (including phenoxy) is 2. The van der Waals surface area contributed by atoms with E-state index in [1.165, 1.54) is 24.4 Å². The van der Waals surface area contributed by atoms with Gasteiger partial charge in [0.2, 0.25) is 10.0 Å². The van der Waals surface area contributed by atoms with Crippen molar-refractivity contribution in [3.05, 3.63) is 77.4 Å². The Morgan fingerprint density at radius 3 is 2.86 bits per heavy atom. The standard InChI is InChI=1S/C26H24FN3O5S/c1-2-3-9-36(32,33)30-22-6-4-5-19(24(22)27)25(31)21-13-29-26-20(21)11-17(12-28-26)16-7-8-23-18(10-16)14-34-15-35-23/h4-8,10-13,30H,2-3,9,14-15H2,1H3,(H,28,29). The van der Waals surface area contributed by atoms with Crippen LogP contribution in [-0.2, 0) is 21.4 Å². The van der Waals surface area contributed by atoms with Gasteiger partial charge >= 0.3 is 0 Å². The number of hydrogen-bond donors (Lipinski definition) is 2. The predicted octanol–water partition coefficient (Wildman–Crippen LogP) is 5.01. The zero-order valence-electron chi connectivity index (χ0n) is 19.5. The van der Waals surface area contributed by atoms with Crippen molar-refractivity contribution < 1.29 is 27.1 Å². The smallest absolute Gasteiger partial charge is 0.232 e. The monoisotopic (exact) mass is 509 g/mol. The van der Waals surface area contributed by atoms with Gasteiger partial charge in [0.05, 0.1) is 23.6 Å². The van der Waals surface area contributed by atoms with Crippen LogP contribution in [0, 0.1) is 5.82 Å². The minimum atomic E-state index is -3.73. The SMILES string of the molecule is CCCCS(=O)(=O)Nc1cccc(C(=O)c2c[nH]c3ncc(-c4ccc5c(c4)COCO5)cc23)c1F. The first-order chi connectivity index (χ1) is 17.4. The number of hydrogen-bond acceptors (Lipinski definition) is 6. The van der Waals surface area contributed by atoms with Crippen LogP contribution >= 0.6 is 0 Å². The molecule has 0 aliphatic carbocycles. The van der Waals surface area contributed by atoms with Crippen LogP contribution in [0.15, 0.2) is 54.9 Å². The molecule has 5 rings (SSSR count). The third-order valence-corrected chi connectivity index (χ3v) is 7.36. The summed E-state index contributed by atoms with van der Waals surface area (Å²) in [5.41, 5.74) is 2.75. The lowest BCUT2D eigenvalue weighted by Gasteiger charge is -2.18. The minimum absolute atomic E-state index is 0.126. The number of carbonyl (C=O) groups excluding carboxylic acids is 1. The first kappa shape index (κ1) is 24.0. The fourth-order valence-electron chi connectivity index (χ4n) is 4.10. The van der Waals surface area contributed by atoms with E-state index in [0.29, 0.717) is 30.5 Å². The van der Waals surface area contributed by atoms with Gasteiger partial charge in [0.15, 0.2) is 18.4 Å². The summed E-state index contributed by atoms with van der Waals surface area (Å²) in [6.07, 6.45) is 4.30. The average Bonchev–Trinajstić information content (AvgIpc) is 3.31. The lowest BCUT2D eigenvalue weighted by atomic mass is 9.99. The summed E-state index contributed by atoms with van der Waals surface area (Å²) >= 11 is 0. The van der Waals surface area contributed by atoms with Gasteiger partial charge in [-0.3, -0.25) is 9.52 Å². The summed E-state index contributed by atoms with van der Waals surface area (Å²) < 4.78 is 52.9. The van der Waals surface area contributed by atoms with Crippen molar-refractivity contribution >= 4 is 32.5 Å². The Hall–Kier alpha value is -3.76. The molecule has 0 bridgehead atoms. The number of benzene rings is 2. The molecule has 3 heterocycles. The third-order valence-electron chi connectivity index (χ3n) is 6.00. The summed E-state index contributed by atoms with van der Waals surface area (Å²) in [5, 5.41) is 0.524. The molecule has 0 saturated heterocycles. The second-order valence-corrected chi connectivity index (χ2v) is 10.4. The second kappa shape index (κ2) is 9.71. The highest BCUT2D eigenvalue weighted by molar-refractivity contribution is 7.92. The number of sulfonamides is 1. The summed E-state index contributed by atoms with van der Waals surface area (Å²) in [6.45, 7) is 2.52. The molecule has 1 aliphatic heterocycles. The van der Waals surface area contributed by atoms with Crippen molar-refractivity contribution in [2.24, 2.45) is 0 Å². The number of halogens is 1. The molecule has 2 aromatic carbocycles. The van der Waals surface area contributed by atoms with Crippen molar-refractivity contribution in [3.8, 4) is 16.9 Å². The lowest BCUT2D eigenvalue weighted by molar-refractivity contribution is -0.0163. The topological polar surface area (TPSA) is 110 Å². The van der Waals surface area contributed by atoms with Gasteiger partial charge in [-0.2, -0.15) is 0 Å². The second-order valence-electron chi connectivity index (χ2n) is 8.53. The molecule has 8 nitrogen and oxygen atoms in total. The maximum absolute atomic E-state index is 15.3. The Balaban J connectivity index is 1.49. The number of nitrogens with one attached hydrogen (secondary N) is 2. The quantitative estimate of drug-likeness (QED) is 0.323. The number of fused-ring (bicyclic) bond motifs is 2. The van der Waals surface area contributed by atoms with Crippen molar-refractivity contribution in [2.45, 2.75) is 26.4 Å². The summed E-state index contributed by atoms with van der Waals surface area (Å²) in [5.74, 6) is -0.869. The first-order valence-electron chi connectivity index (χ1n) is 11.5. The van der Waals surface area contributed by atoms with Gasteiger partial charge in [0.25, 0.3) is 0 Å². The highest BCUT2D eigenvalue weighted by Gasteiger charge is 2.22. The Labute approximate surface area is 207 Å². The maximum Gasteiger partial charge on any atom is 0.232 e. The molecule has 0 saturated carbocycles. The van der Waals surface area contributed by atoms with Crippen LogP contribution in [0.1, 0.15) is 41.3 Å². The van der Waals surface area contributed by atoms with E-state index in [9.17, 15) is 13.2 Å². The number of ketones is 1. The van der Waals surface area contributed by atoms with Gasteiger partial charge in [0.1, 0.15) is 11.4 Å². The molecule has 2 aromatic heterocycles. The van der Waals surface area contributed by atoms with Crippen LogP contribution in [0.25, 0.3) is 22.2 Å². The van der Waals surface area contributed by atoms with Crippen molar-refractivity contribution in [1.82, 2.24) is 9.97 Å². The van der Waals surface area contributed by atoms with Crippen LogP contribution in [0.4, 0.5) is 10.1 Å². The summed E-state index contributed by atoms with van der Waals surface area (Å²) in [4.78, 5) is 20.8. The van der Waals surface area contributed by atoms with Crippen LogP contribution in [0.2, 0.25) is 0 Å². The highest BCUT2D eigenvalue weighted by atomic mass is 32.2. The van der Waals surface area contributed by atoms with Gasteiger partial charge < -0.3 is 14.5 Å². The van der Waals surface area contributed by atoms with E-state index in [4.69, 9.17) is 9.47 Å². The third kappa shape index (κ3) is 4.69. The molecule has 36 heavy (non-hydrogen) atoms. The molecule has 0 fully saturated rings. The number of H-pyrrole nitrogens is 1. The van der Waals surface area contributed by atoms with E-state index in [1.807, 2.05) is 31.2 Å². The van der Waals surface area contributed by atoms with Crippen molar-refractivity contribution in [3.63, 3.8) is 0 Å². The molecule has 0 atom stereocenters. The highest BCUT2D eigenvalue weighted by Crippen LogP contribution is 2.32. The predicted molar refractivity (Wildman–Crippen MR) is 134 cm³/mol. The van der Waals surface area contributed by atoms with Crippen LogP contribution in [0.3, 0.4) is 0 Å². The summed E-state index contributed by atoms with van der Waals surface area (Å²) in [6, 6.07) is 11.6. The number of aromatic amines is 1. The fraction of sp³-hybridized carbons (Fsp3) is 0.231. The molecule has 0 spiro atoms. The van der Waals surface area contributed by atoms with Gasteiger partial charge in [-0.05, 0) is 42.3 Å². The van der Waals surface area contributed by atoms with E-state index >= 15 is 4.39 Å². The van der Waals surface area contributed by atoms with Gasteiger partial charge in [0, 0.05) is 34.5 Å². The van der Waals surface area contributed by atoms with Crippen LogP contribution < -0.4 is 9.46 Å². The van der Waals surface area contributed by atoms with Gasteiger partial charge in [-0.15, -0.1) is 0 Å². The zero-order chi connectivity index (χ0) is 25.3. The molecule has 2 N–H and O–H groups in total. The van der Waals surface area contributed by atoms with Crippen molar-refractivity contribution in [2.75, 3.05) is 17.3 Å². The molecule has 1 aliphatic rings. The molecule has 0 unspecified atom stereocenters. The molecular formula is C26H24FN3O5S. The number of pyridine rings is 1. The Kier molecular flexibility index (Phi) is 6.46. The number of unbranched alkanes of at least 4 members (excludes halogenated alkanes) is 1. The Morgan fingerprint density at radius 1 is 1.17 bits per heavy atom. The number of rotatable bonds is 8. The minimum Gasteiger partial charge on any atom is -0.467 e. The van der Waals surface area contributed by atoms with Crippen LogP contribution in [-0.4, -0.2) is 36.7 Å². The van der Waals surface area contributed by atoms with E-state index in [-0.39, 0.29) is 29.4 Å². The molecule has 0 amide bonds. The number of anilines is 1. The largest absolute Gasteiger partial charge is 0.467 e. The zero-order valence-corrected chi connectivity index (χ0v) is 20.3. The molecular weight excluding hydrogens is 485 g/mol. The van der Waals surface area contributed by atoms with E-state index < -0.39 is 21.6 Å². The molecule has 4 aromatic rings. The number of carbonyl (C=O) groups is 1. The Morgan fingerprint density at radius 2 is 2.03 bits per heavy atom. The van der Waals surface area contributed by atoms with Gasteiger partial charge in [-0.25, -0.2) is 17.8 Å². The number of nitrogens with zero attached hydrogens (tertiary/aromatic N) is 1. The van der Waals surface area contributed by atoms with Crippen LogP contribution in [0.5, 0.6) is 5.75 Å². The average molecular weight is 510 g/mol. The van der Waals surface area contributed by atoms with Gasteiger partial charge in [-0.1, -0.05) is 25.5 Å². The first-order valence-corrected chi connectivity index (χ1v) is 13.2. The number of aromatic nitrogens is 2. The van der Waals surface area contributed by atoms with E-state index in [2.05, 4.69) is 14.7 Å². The molecule has 10 heteroatoms. The normalized spacial score (nSPS) is 13.3. The Bertz CT molecular complexity index is 1570. The molecule has 0 radical (unpaired) electrons. The van der Waals surface area contributed by atoms with E-state index in [1.54, 1.807) is 6.20 Å². The van der Waals surface area contributed by atoms with E-state index in [0.717, 1.165) is 22.4 Å². The maximum atomic E-state index is 15.3.